The summed E-state index contributed by atoms with van der Waals surface area (Å²) >= 11 is 9.17. The summed E-state index contributed by atoms with van der Waals surface area (Å²) in [6.07, 6.45) is 2.91. The fourth-order valence-corrected chi connectivity index (χ4v) is 2.45. The van der Waals surface area contributed by atoms with E-state index in [9.17, 15) is 9.18 Å². The summed E-state index contributed by atoms with van der Waals surface area (Å²) in [5.74, 6) is -0.697. The molecular weight excluding hydrogens is 391 g/mol. The summed E-state index contributed by atoms with van der Waals surface area (Å²) in [5.41, 5.74) is 0.954. The van der Waals surface area contributed by atoms with Crippen LogP contribution in [-0.2, 0) is 6.54 Å². The van der Waals surface area contributed by atoms with E-state index < -0.39 is 11.7 Å². The molecule has 0 spiro atoms. The van der Waals surface area contributed by atoms with Crippen LogP contribution in [0.15, 0.2) is 35.2 Å². The van der Waals surface area contributed by atoms with Gasteiger partial charge in [0.25, 0.3) is 5.91 Å². The maximum atomic E-state index is 13.0. The van der Waals surface area contributed by atoms with Gasteiger partial charge in [0, 0.05) is 5.02 Å². The molecule has 0 radical (unpaired) electrons. The molecule has 7 nitrogen and oxygen atoms in total. The number of benzene rings is 1. The van der Waals surface area contributed by atoms with Gasteiger partial charge in [0.15, 0.2) is 0 Å². The van der Waals surface area contributed by atoms with Crippen molar-refractivity contribution >= 4 is 39.4 Å². The Morgan fingerprint density at radius 3 is 3.00 bits per heavy atom. The Bertz CT molecular complexity index is 864. The molecule has 0 aliphatic heterocycles. The molecule has 1 aromatic carbocycles. The van der Waals surface area contributed by atoms with E-state index in [1.54, 1.807) is 6.07 Å². The predicted octanol–water partition coefficient (Wildman–Crippen LogP) is 2.86. The van der Waals surface area contributed by atoms with Crippen molar-refractivity contribution in [2.24, 2.45) is 0 Å². The predicted molar refractivity (Wildman–Crippen MR) is 84.8 cm³/mol. The zero-order chi connectivity index (χ0) is 16.4. The number of H-pyrrole nitrogens is 1. The fraction of sp³-hybridized carbons (Fsp3) is 0.0769. The fourth-order valence-electron chi connectivity index (χ4n) is 1.85. The summed E-state index contributed by atoms with van der Waals surface area (Å²) in [7, 11) is 0. The molecule has 0 unspecified atom stereocenters. The van der Waals surface area contributed by atoms with Crippen LogP contribution >= 0.6 is 27.5 Å². The Labute approximate surface area is 143 Å². The third-order valence-corrected chi connectivity index (χ3v) is 3.88. The van der Waals surface area contributed by atoms with Crippen molar-refractivity contribution in [3.05, 3.63) is 57.3 Å². The third kappa shape index (κ3) is 3.57. The number of nitrogens with one attached hydrogen (secondary N) is 2. The molecule has 1 amide bonds. The number of nitrogens with zero attached hydrogens (tertiary/aromatic N) is 4. The van der Waals surface area contributed by atoms with Crippen LogP contribution in [0.25, 0.3) is 0 Å². The molecule has 0 aliphatic carbocycles. The summed E-state index contributed by atoms with van der Waals surface area (Å²) < 4.78 is 15.0. The van der Waals surface area contributed by atoms with Crippen LogP contribution in [0.5, 0.6) is 0 Å². The number of carbonyl (C=O) groups excluding carboxylic acids is 1. The Morgan fingerprint density at radius 2 is 2.30 bits per heavy atom. The number of rotatable bonds is 4. The van der Waals surface area contributed by atoms with Crippen LogP contribution in [0.3, 0.4) is 0 Å². The Hall–Kier alpha value is -2.26. The van der Waals surface area contributed by atoms with Gasteiger partial charge in [-0.3, -0.25) is 15.2 Å². The Balaban J connectivity index is 1.71. The van der Waals surface area contributed by atoms with Gasteiger partial charge in [0.1, 0.15) is 17.8 Å². The van der Waals surface area contributed by atoms with Crippen molar-refractivity contribution < 1.29 is 9.18 Å². The SMILES string of the molecule is O=C(Nc1ncn(Cc2ccc(F)cc2Cl)n1)c1[nH]ncc1Br. The molecule has 118 valence electrons. The van der Waals surface area contributed by atoms with Crippen LogP contribution < -0.4 is 5.32 Å². The zero-order valence-electron chi connectivity index (χ0n) is 11.4. The highest BCUT2D eigenvalue weighted by molar-refractivity contribution is 9.10. The topological polar surface area (TPSA) is 88.5 Å². The van der Waals surface area contributed by atoms with Crippen LogP contribution in [0.1, 0.15) is 16.1 Å². The molecule has 0 saturated carbocycles. The average Bonchev–Trinajstić information content (AvgIpc) is 3.11. The number of aromatic amines is 1. The van der Waals surface area contributed by atoms with Gasteiger partial charge in [0.05, 0.1) is 17.2 Å². The second-order valence-corrected chi connectivity index (χ2v) is 5.81. The minimum absolute atomic E-state index is 0.134. The van der Waals surface area contributed by atoms with Crippen molar-refractivity contribution in [1.82, 2.24) is 25.0 Å². The molecule has 2 N–H and O–H groups in total. The lowest BCUT2D eigenvalue weighted by molar-refractivity contribution is 0.102. The number of amides is 1. The number of hydrogen-bond donors (Lipinski definition) is 2. The monoisotopic (exact) mass is 398 g/mol. The molecule has 0 bridgehead atoms. The van der Waals surface area contributed by atoms with E-state index in [-0.39, 0.29) is 11.6 Å². The Kier molecular flexibility index (Phi) is 4.39. The van der Waals surface area contributed by atoms with Crippen LogP contribution in [0, 0.1) is 5.82 Å². The van der Waals surface area contributed by atoms with Crippen molar-refractivity contribution in [3.8, 4) is 0 Å². The van der Waals surface area contributed by atoms with Gasteiger partial charge in [0.2, 0.25) is 5.95 Å². The molecule has 10 heteroatoms. The maximum Gasteiger partial charge on any atom is 0.277 e. The minimum atomic E-state index is -0.424. The second-order valence-electron chi connectivity index (χ2n) is 4.55. The molecule has 0 atom stereocenters. The van der Waals surface area contributed by atoms with Crippen LogP contribution in [0.2, 0.25) is 5.02 Å². The van der Waals surface area contributed by atoms with E-state index in [2.05, 4.69) is 41.5 Å². The second kappa shape index (κ2) is 6.47. The van der Waals surface area contributed by atoms with Gasteiger partial charge in [-0.1, -0.05) is 17.7 Å². The van der Waals surface area contributed by atoms with Gasteiger partial charge in [-0.15, -0.1) is 5.10 Å². The largest absolute Gasteiger partial charge is 0.288 e. The number of halogens is 3. The average molecular weight is 400 g/mol. The highest BCUT2D eigenvalue weighted by atomic mass is 79.9. The minimum Gasteiger partial charge on any atom is -0.288 e. The van der Waals surface area contributed by atoms with Crippen molar-refractivity contribution in [1.29, 1.82) is 0 Å². The number of aromatic nitrogens is 5. The lowest BCUT2D eigenvalue weighted by Crippen LogP contribution is -2.14. The molecule has 2 heterocycles. The number of carbonyl (C=O) groups is 1. The van der Waals surface area contributed by atoms with E-state index in [1.807, 2.05) is 0 Å². The lowest BCUT2D eigenvalue weighted by atomic mass is 10.2. The van der Waals surface area contributed by atoms with Gasteiger partial charge < -0.3 is 0 Å². The molecule has 23 heavy (non-hydrogen) atoms. The van der Waals surface area contributed by atoms with Gasteiger partial charge in [-0.05, 0) is 33.6 Å². The lowest BCUT2D eigenvalue weighted by Gasteiger charge is -2.04. The smallest absolute Gasteiger partial charge is 0.277 e. The Morgan fingerprint density at radius 1 is 1.48 bits per heavy atom. The standard InChI is InChI=1S/C13H9BrClFN6O/c14-9-4-18-20-11(9)12(23)19-13-17-6-22(21-13)5-7-1-2-8(16)3-10(7)15/h1-4,6H,5H2,(H,18,20)(H,19,21,23). The number of hydrogen-bond acceptors (Lipinski definition) is 4. The maximum absolute atomic E-state index is 13.0. The first-order valence-corrected chi connectivity index (χ1v) is 7.53. The summed E-state index contributed by atoms with van der Waals surface area (Å²) in [6, 6.07) is 4.11. The van der Waals surface area contributed by atoms with E-state index in [0.717, 1.165) is 0 Å². The normalized spacial score (nSPS) is 10.7. The van der Waals surface area contributed by atoms with Gasteiger partial charge in [-0.25, -0.2) is 14.1 Å². The van der Waals surface area contributed by atoms with Crippen LogP contribution in [0.4, 0.5) is 10.3 Å². The van der Waals surface area contributed by atoms with E-state index in [4.69, 9.17) is 11.6 Å². The molecule has 0 saturated heterocycles. The van der Waals surface area contributed by atoms with E-state index >= 15 is 0 Å². The summed E-state index contributed by atoms with van der Waals surface area (Å²) in [5, 5.41) is 13.3. The molecule has 2 aromatic heterocycles. The first-order chi connectivity index (χ1) is 11.0. The van der Waals surface area contributed by atoms with Crippen molar-refractivity contribution in [2.45, 2.75) is 6.54 Å². The first-order valence-electron chi connectivity index (χ1n) is 6.36. The highest BCUT2D eigenvalue weighted by Gasteiger charge is 2.14. The molecule has 0 fully saturated rings. The molecular formula is C13H9BrClFN6O. The van der Waals surface area contributed by atoms with Crippen LogP contribution in [-0.4, -0.2) is 30.9 Å². The summed E-state index contributed by atoms with van der Waals surface area (Å²) in [6.45, 7) is 0.301. The molecule has 3 rings (SSSR count). The highest BCUT2D eigenvalue weighted by Crippen LogP contribution is 2.18. The quantitative estimate of drug-likeness (QED) is 0.706. The van der Waals surface area contributed by atoms with E-state index in [0.29, 0.717) is 21.6 Å². The van der Waals surface area contributed by atoms with E-state index in [1.165, 1.54) is 29.3 Å². The zero-order valence-corrected chi connectivity index (χ0v) is 13.8. The molecule has 0 aliphatic rings. The first kappa shape index (κ1) is 15.6. The van der Waals surface area contributed by atoms with Gasteiger partial charge in [-0.2, -0.15) is 5.10 Å². The molecule has 3 aromatic rings. The van der Waals surface area contributed by atoms with Gasteiger partial charge >= 0.3 is 0 Å². The third-order valence-electron chi connectivity index (χ3n) is 2.93. The number of anilines is 1. The van der Waals surface area contributed by atoms with Crippen molar-refractivity contribution in [3.63, 3.8) is 0 Å². The summed E-state index contributed by atoms with van der Waals surface area (Å²) in [4.78, 5) is 16.0. The van der Waals surface area contributed by atoms with Crippen molar-refractivity contribution in [2.75, 3.05) is 5.32 Å².